The van der Waals surface area contributed by atoms with Gasteiger partial charge in [-0.25, -0.2) is 0 Å². The molecule has 1 aliphatic rings. The summed E-state index contributed by atoms with van der Waals surface area (Å²) < 4.78 is 5.80. The van der Waals surface area contributed by atoms with Crippen LogP contribution >= 0.6 is 0 Å². The Morgan fingerprint density at radius 1 is 1.21 bits per heavy atom. The third-order valence-corrected chi connectivity index (χ3v) is 2.80. The molecule has 1 saturated carbocycles. The fraction of sp³-hybridized carbons (Fsp3) is 0.500. The monoisotopic (exact) mass is 192 g/mol. The van der Waals surface area contributed by atoms with E-state index in [1.54, 1.807) is 0 Å². The van der Waals surface area contributed by atoms with Crippen molar-refractivity contribution in [1.29, 1.82) is 0 Å². The molecule has 14 heavy (non-hydrogen) atoms. The van der Waals surface area contributed by atoms with E-state index < -0.39 is 0 Å². The Kier molecular flexibility index (Phi) is 3.04. The highest BCUT2D eigenvalue weighted by Crippen LogP contribution is 2.28. The Labute approximate surface area is 84.5 Å². The molecule has 0 radical (unpaired) electrons. The molecule has 1 aliphatic carbocycles. The predicted octanol–water partition coefficient (Wildman–Crippen LogP) is 2.23. The lowest BCUT2D eigenvalue weighted by Crippen LogP contribution is -2.12. The average molecular weight is 192 g/mol. The summed E-state index contributed by atoms with van der Waals surface area (Å²) in [4.78, 5) is 0. The van der Waals surface area contributed by atoms with Crippen molar-refractivity contribution in [2.24, 2.45) is 5.92 Å². The number of aliphatic hydroxyl groups excluding tert-OH is 1. The maximum Gasteiger partial charge on any atom is 0.119 e. The molecule has 0 saturated heterocycles. The number of hydrogen-bond donors (Lipinski definition) is 1. The number of hydrogen-bond acceptors (Lipinski definition) is 2. The molecule has 0 bridgehead atoms. The van der Waals surface area contributed by atoms with Gasteiger partial charge in [0.1, 0.15) is 5.75 Å². The first kappa shape index (κ1) is 9.53. The summed E-state index contributed by atoms with van der Waals surface area (Å²) in [6.07, 6.45) is 3.45. The summed E-state index contributed by atoms with van der Waals surface area (Å²) in [5.74, 6) is 1.39. The zero-order valence-corrected chi connectivity index (χ0v) is 8.23. The van der Waals surface area contributed by atoms with Crippen LogP contribution in [0.4, 0.5) is 0 Å². The molecule has 0 amide bonds. The molecular formula is C12H16O2. The van der Waals surface area contributed by atoms with Gasteiger partial charge in [0.05, 0.1) is 6.10 Å². The maximum absolute atomic E-state index is 8.99. The summed E-state index contributed by atoms with van der Waals surface area (Å²) >= 11 is 0. The zero-order chi connectivity index (χ0) is 9.80. The third-order valence-electron chi connectivity index (χ3n) is 2.80. The van der Waals surface area contributed by atoms with E-state index in [1.165, 1.54) is 0 Å². The summed E-state index contributed by atoms with van der Waals surface area (Å²) in [7, 11) is 0. The zero-order valence-electron chi connectivity index (χ0n) is 8.23. The molecule has 0 aliphatic heterocycles. The van der Waals surface area contributed by atoms with E-state index in [0.29, 0.717) is 18.6 Å². The average Bonchev–Trinajstić information content (AvgIpc) is 2.67. The van der Waals surface area contributed by atoms with Crippen LogP contribution in [0.15, 0.2) is 30.3 Å². The number of rotatable bonds is 3. The molecular weight excluding hydrogens is 176 g/mol. The van der Waals surface area contributed by atoms with E-state index in [9.17, 15) is 0 Å². The smallest absolute Gasteiger partial charge is 0.119 e. The van der Waals surface area contributed by atoms with Gasteiger partial charge in [0.15, 0.2) is 0 Å². The normalized spacial score (nSPS) is 26.4. The number of para-hydroxylation sites is 1. The minimum absolute atomic E-state index is 0.300. The quantitative estimate of drug-likeness (QED) is 0.795. The molecule has 2 rings (SSSR count). The van der Waals surface area contributed by atoms with Crippen molar-refractivity contribution < 1.29 is 9.84 Å². The van der Waals surface area contributed by atoms with Crippen LogP contribution in [0.5, 0.6) is 5.75 Å². The van der Waals surface area contributed by atoms with Crippen LogP contribution < -0.4 is 4.74 Å². The number of aliphatic hydroxyl groups is 1. The molecule has 1 aromatic carbocycles. The SMILES string of the molecule is OC[C@H]1CC[C@@H](Oc2ccccc2)C1. The van der Waals surface area contributed by atoms with Crippen molar-refractivity contribution in [2.45, 2.75) is 25.4 Å². The van der Waals surface area contributed by atoms with Crippen molar-refractivity contribution in [1.82, 2.24) is 0 Å². The van der Waals surface area contributed by atoms with Gasteiger partial charge in [-0.3, -0.25) is 0 Å². The molecule has 0 aromatic heterocycles. The first-order chi connectivity index (χ1) is 6.88. The van der Waals surface area contributed by atoms with Crippen LogP contribution in [0.2, 0.25) is 0 Å². The predicted molar refractivity (Wildman–Crippen MR) is 55.3 cm³/mol. The van der Waals surface area contributed by atoms with Crippen LogP contribution in [-0.4, -0.2) is 17.8 Å². The second-order valence-corrected chi connectivity index (χ2v) is 3.91. The summed E-state index contributed by atoms with van der Waals surface area (Å²) in [5.41, 5.74) is 0. The maximum atomic E-state index is 8.99. The first-order valence-corrected chi connectivity index (χ1v) is 5.21. The fourth-order valence-electron chi connectivity index (χ4n) is 1.99. The minimum atomic E-state index is 0.300. The van der Waals surface area contributed by atoms with Crippen LogP contribution in [0.25, 0.3) is 0 Å². The summed E-state index contributed by atoms with van der Waals surface area (Å²) in [6, 6.07) is 9.90. The first-order valence-electron chi connectivity index (χ1n) is 5.21. The van der Waals surface area contributed by atoms with Gasteiger partial charge in [-0.15, -0.1) is 0 Å². The van der Waals surface area contributed by atoms with E-state index in [1.807, 2.05) is 30.3 Å². The Morgan fingerprint density at radius 3 is 2.64 bits per heavy atom. The molecule has 0 unspecified atom stereocenters. The lowest BCUT2D eigenvalue weighted by atomic mass is 10.1. The van der Waals surface area contributed by atoms with Gasteiger partial charge >= 0.3 is 0 Å². The second kappa shape index (κ2) is 4.47. The molecule has 2 heteroatoms. The fourth-order valence-corrected chi connectivity index (χ4v) is 1.99. The lowest BCUT2D eigenvalue weighted by molar-refractivity contribution is 0.183. The molecule has 2 atom stereocenters. The van der Waals surface area contributed by atoms with E-state index in [-0.39, 0.29) is 0 Å². The molecule has 0 heterocycles. The Morgan fingerprint density at radius 2 is 2.00 bits per heavy atom. The molecule has 2 nitrogen and oxygen atoms in total. The van der Waals surface area contributed by atoms with Gasteiger partial charge in [0, 0.05) is 6.61 Å². The van der Waals surface area contributed by atoms with Crippen molar-refractivity contribution in [3.8, 4) is 5.75 Å². The van der Waals surface area contributed by atoms with Crippen molar-refractivity contribution in [3.63, 3.8) is 0 Å². The third kappa shape index (κ3) is 2.26. The highest BCUT2D eigenvalue weighted by atomic mass is 16.5. The topological polar surface area (TPSA) is 29.5 Å². The summed E-state index contributed by atoms with van der Waals surface area (Å²) in [6.45, 7) is 0.300. The van der Waals surface area contributed by atoms with Crippen LogP contribution in [0.3, 0.4) is 0 Å². The molecule has 1 fully saturated rings. The molecule has 0 spiro atoms. The van der Waals surface area contributed by atoms with Gasteiger partial charge in [-0.2, -0.15) is 0 Å². The standard InChI is InChI=1S/C12H16O2/c13-9-10-6-7-12(8-10)14-11-4-2-1-3-5-11/h1-5,10,12-13H,6-9H2/t10-,12+/m0/s1. The van der Waals surface area contributed by atoms with Gasteiger partial charge in [0.2, 0.25) is 0 Å². The van der Waals surface area contributed by atoms with Gasteiger partial charge in [-0.1, -0.05) is 18.2 Å². The minimum Gasteiger partial charge on any atom is -0.490 e. The number of benzene rings is 1. The van der Waals surface area contributed by atoms with Gasteiger partial charge < -0.3 is 9.84 Å². The van der Waals surface area contributed by atoms with Crippen molar-refractivity contribution >= 4 is 0 Å². The van der Waals surface area contributed by atoms with Crippen LogP contribution in [0, 0.1) is 5.92 Å². The Bertz CT molecular complexity index is 271. The number of ether oxygens (including phenoxy) is 1. The van der Waals surface area contributed by atoms with Gasteiger partial charge in [0.25, 0.3) is 0 Å². The van der Waals surface area contributed by atoms with Crippen molar-refractivity contribution in [2.75, 3.05) is 6.61 Å². The van der Waals surface area contributed by atoms with Crippen molar-refractivity contribution in [3.05, 3.63) is 30.3 Å². The van der Waals surface area contributed by atoms with E-state index in [0.717, 1.165) is 25.0 Å². The molecule has 1 N–H and O–H groups in total. The highest BCUT2D eigenvalue weighted by Gasteiger charge is 2.25. The Balaban J connectivity index is 1.88. The highest BCUT2D eigenvalue weighted by molar-refractivity contribution is 5.21. The lowest BCUT2D eigenvalue weighted by Gasteiger charge is -2.13. The largest absolute Gasteiger partial charge is 0.490 e. The second-order valence-electron chi connectivity index (χ2n) is 3.91. The van der Waals surface area contributed by atoms with Crippen LogP contribution in [-0.2, 0) is 0 Å². The van der Waals surface area contributed by atoms with Gasteiger partial charge in [-0.05, 0) is 37.3 Å². The van der Waals surface area contributed by atoms with E-state index in [4.69, 9.17) is 9.84 Å². The summed E-state index contributed by atoms with van der Waals surface area (Å²) in [5, 5.41) is 8.99. The molecule has 76 valence electrons. The Hall–Kier alpha value is -1.02. The molecule has 1 aromatic rings. The van der Waals surface area contributed by atoms with E-state index >= 15 is 0 Å². The van der Waals surface area contributed by atoms with Crippen LogP contribution in [0.1, 0.15) is 19.3 Å². The van der Waals surface area contributed by atoms with E-state index in [2.05, 4.69) is 0 Å².